The number of para-hydroxylation sites is 1. The van der Waals surface area contributed by atoms with E-state index in [1.54, 1.807) is 0 Å². The van der Waals surface area contributed by atoms with Gasteiger partial charge < -0.3 is 19.5 Å². The van der Waals surface area contributed by atoms with Crippen LogP contribution in [0.25, 0.3) is 0 Å². The summed E-state index contributed by atoms with van der Waals surface area (Å²) in [5.41, 5.74) is 0.983. The van der Waals surface area contributed by atoms with Gasteiger partial charge in [0.25, 0.3) is 0 Å². The van der Waals surface area contributed by atoms with E-state index in [0.29, 0.717) is 13.2 Å². The van der Waals surface area contributed by atoms with Crippen LogP contribution in [0.3, 0.4) is 0 Å². The van der Waals surface area contributed by atoms with Gasteiger partial charge in [-0.1, -0.05) is 25.5 Å². The fraction of sp³-hybridized carbons (Fsp3) is 0.500. The zero-order chi connectivity index (χ0) is 13.5. The molecule has 1 heterocycles. The second-order valence-corrected chi connectivity index (χ2v) is 4.33. The van der Waals surface area contributed by atoms with Crippen molar-refractivity contribution in [2.45, 2.75) is 26.3 Å². The van der Waals surface area contributed by atoms with Gasteiger partial charge in [0.1, 0.15) is 0 Å². The van der Waals surface area contributed by atoms with Gasteiger partial charge in [0.15, 0.2) is 11.5 Å². The highest BCUT2D eigenvalue weighted by atomic mass is 16.7. The van der Waals surface area contributed by atoms with Gasteiger partial charge in [0.2, 0.25) is 6.79 Å². The van der Waals surface area contributed by atoms with E-state index in [9.17, 15) is 4.79 Å². The lowest BCUT2D eigenvalue weighted by molar-refractivity contribution is -0.142. The maximum atomic E-state index is 11.4. The monoisotopic (exact) mass is 265 g/mol. The van der Waals surface area contributed by atoms with Gasteiger partial charge in [-0.05, 0) is 12.5 Å². The molecule has 0 radical (unpaired) electrons. The number of benzene rings is 1. The molecule has 0 unspecified atom stereocenters. The van der Waals surface area contributed by atoms with E-state index in [2.05, 4.69) is 12.2 Å². The van der Waals surface area contributed by atoms with Gasteiger partial charge >= 0.3 is 5.97 Å². The quantitative estimate of drug-likeness (QED) is 0.602. The van der Waals surface area contributed by atoms with Crippen molar-refractivity contribution < 1.29 is 19.0 Å². The molecule has 0 saturated carbocycles. The first kappa shape index (κ1) is 13.7. The summed E-state index contributed by atoms with van der Waals surface area (Å²) in [4.78, 5) is 11.4. The molecule has 0 amide bonds. The largest absolute Gasteiger partial charge is 0.465 e. The van der Waals surface area contributed by atoms with Gasteiger partial charge in [-0.2, -0.15) is 0 Å². The van der Waals surface area contributed by atoms with Gasteiger partial charge in [0.05, 0.1) is 13.2 Å². The number of esters is 1. The molecule has 0 saturated heterocycles. The van der Waals surface area contributed by atoms with Crippen LogP contribution < -0.4 is 14.8 Å². The van der Waals surface area contributed by atoms with Crippen molar-refractivity contribution in [1.29, 1.82) is 0 Å². The molecule has 19 heavy (non-hydrogen) atoms. The molecule has 0 aromatic heterocycles. The lowest BCUT2D eigenvalue weighted by Gasteiger charge is -2.08. The first-order valence-electron chi connectivity index (χ1n) is 6.55. The Morgan fingerprint density at radius 2 is 2.32 bits per heavy atom. The van der Waals surface area contributed by atoms with E-state index >= 15 is 0 Å². The predicted octanol–water partition coefficient (Wildman–Crippen LogP) is 1.85. The molecule has 1 aliphatic rings. The number of carbonyl (C=O) groups excluding carboxylic acids is 1. The van der Waals surface area contributed by atoms with Crippen molar-refractivity contribution in [1.82, 2.24) is 5.32 Å². The Hall–Kier alpha value is -1.75. The van der Waals surface area contributed by atoms with Gasteiger partial charge in [0, 0.05) is 12.1 Å². The van der Waals surface area contributed by atoms with Crippen LogP contribution in [0.15, 0.2) is 18.2 Å². The minimum atomic E-state index is -0.224. The average Bonchev–Trinajstić information content (AvgIpc) is 2.88. The van der Waals surface area contributed by atoms with Crippen molar-refractivity contribution in [3.63, 3.8) is 0 Å². The molecule has 5 nitrogen and oxygen atoms in total. The summed E-state index contributed by atoms with van der Waals surface area (Å²) in [5, 5.41) is 3.05. The molecular weight excluding hydrogens is 246 g/mol. The third kappa shape index (κ3) is 3.86. The van der Waals surface area contributed by atoms with Crippen molar-refractivity contribution in [2.75, 3.05) is 19.9 Å². The van der Waals surface area contributed by atoms with Crippen molar-refractivity contribution in [3.05, 3.63) is 23.8 Å². The smallest absolute Gasteiger partial charge is 0.319 e. The van der Waals surface area contributed by atoms with Crippen molar-refractivity contribution in [2.24, 2.45) is 0 Å². The summed E-state index contributed by atoms with van der Waals surface area (Å²) in [6.07, 6.45) is 1.93. The molecule has 1 aromatic carbocycles. The SMILES string of the molecule is CCCCOC(=O)CNCc1cccc2c1OCO2. The van der Waals surface area contributed by atoms with E-state index in [4.69, 9.17) is 14.2 Å². The van der Waals surface area contributed by atoms with Crippen LogP contribution in [0.4, 0.5) is 0 Å². The number of hydrogen-bond donors (Lipinski definition) is 1. The highest BCUT2D eigenvalue weighted by Crippen LogP contribution is 2.35. The Kier molecular flexibility index (Phi) is 5.03. The molecule has 0 fully saturated rings. The summed E-state index contributed by atoms with van der Waals surface area (Å²) in [6, 6.07) is 5.72. The van der Waals surface area contributed by atoms with E-state index in [1.165, 1.54) is 0 Å². The number of hydrogen-bond acceptors (Lipinski definition) is 5. The van der Waals surface area contributed by atoms with Crippen LogP contribution in [-0.4, -0.2) is 25.9 Å². The first-order chi connectivity index (χ1) is 9.31. The molecule has 2 rings (SSSR count). The fourth-order valence-electron chi connectivity index (χ4n) is 1.81. The summed E-state index contributed by atoms with van der Waals surface area (Å²) < 4.78 is 15.7. The lowest BCUT2D eigenvalue weighted by atomic mass is 10.2. The molecule has 1 N–H and O–H groups in total. The first-order valence-corrected chi connectivity index (χ1v) is 6.55. The summed E-state index contributed by atoms with van der Waals surface area (Å²) >= 11 is 0. The second-order valence-electron chi connectivity index (χ2n) is 4.33. The maximum absolute atomic E-state index is 11.4. The minimum Gasteiger partial charge on any atom is -0.465 e. The van der Waals surface area contributed by atoms with Crippen LogP contribution in [0.2, 0.25) is 0 Å². The highest BCUT2D eigenvalue weighted by molar-refractivity contribution is 5.71. The summed E-state index contributed by atoms with van der Waals surface area (Å²) in [7, 11) is 0. The molecule has 1 aromatic rings. The number of fused-ring (bicyclic) bond motifs is 1. The normalized spacial score (nSPS) is 12.5. The van der Waals surface area contributed by atoms with E-state index in [0.717, 1.165) is 29.9 Å². The third-order valence-electron chi connectivity index (χ3n) is 2.82. The van der Waals surface area contributed by atoms with Crippen molar-refractivity contribution >= 4 is 5.97 Å². The zero-order valence-corrected chi connectivity index (χ0v) is 11.1. The molecule has 1 aliphatic heterocycles. The molecule has 0 spiro atoms. The van der Waals surface area contributed by atoms with Crippen LogP contribution >= 0.6 is 0 Å². The highest BCUT2D eigenvalue weighted by Gasteiger charge is 2.16. The topological polar surface area (TPSA) is 56.8 Å². The minimum absolute atomic E-state index is 0.203. The number of carbonyl (C=O) groups is 1. The van der Waals surface area contributed by atoms with Crippen LogP contribution in [0, 0.1) is 0 Å². The second kappa shape index (κ2) is 6.99. The van der Waals surface area contributed by atoms with Crippen LogP contribution in [-0.2, 0) is 16.1 Å². The molecule has 0 aliphatic carbocycles. The Morgan fingerprint density at radius 1 is 1.42 bits per heavy atom. The molecule has 104 valence electrons. The zero-order valence-electron chi connectivity index (χ0n) is 11.1. The number of rotatable bonds is 7. The Morgan fingerprint density at radius 3 is 3.16 bits per heavy atom. The van der Waals surface area contributed by atoms with Gasteiger partial charge in [-0.15, -0.1) is 0 Å². The van der Waals surface area contributed by atoms with Crippen molar-refractivity contribution in [3.8, 4) is 11.5 Å². The lowest BCUT2D eigenvalue weighted by Crippen LogP contribution is -2.24. The summed E-state index contributed by atoms with van der Waals surface area (Å²) in [5.74, 6) is 1.29. The molecule has 0 atom stereocenters. The summed E-state index contributed by atoms with van der Waals surface area (Å²) in [6.45, 7) is 3.56. The Bertz CT molecular complexity index is 433. The Labute approximate surface area is 112 Å². The number of unbranched alkanes of at least 4 members (excludes halogenated alkanes) is 1. The standard InChI is InChI=1S/C14H19NO4/c1-2-3-7-17-13(16)9-15-8-11-5-4-6-12-14(11)19-10-18-12/h4-6,15H,2-3,7-10H2,1H3. The van der Waals surface area contributed by atoms with E-state index in [1.807, 2.05) is 18.2 Å². The third-order valence-corrected chi connectivity index (χ3v) is 2.82. The molecule has 0 bridgehead atoms. The Balaban J connectivity index is 1.74. The average molecular weight is 265 g/mol. The predicted molar refractivity (Wildman–Crippen MR) is 70.1 cm³/mol. The van der Waals surface area contributed by atoms with E-state index < -0.39 is 0 Å². The van der Waals surface area contributed by atoms with E-state index in [-0.39, 0.29) is 19.3 Å². The number of ether oxygens (including phenoxy) is 3. The van der Waals surface area contributed by atoms with Crippen LogP contribution in [0.5, 0.6) is 11.5 Å². The van der Waals surface area contributed by atoms with Gasteiger partial charge in [-0.3, -0.25) is 4.79 Å². The number of nitrogens with one attached hydrogen (secondary N) is 1. The maximum Gasteiger partial charge on any atom is 0.319 e. The fourth-order valence-corrected chi connectivity index (χ4v) is 1.81. The molecule has 5 heteroatoms. The van der Waals surface area contributed by atoms with Gasteiger partial charge in [-0.25, -0.2) is 0 Å². The van der Waals surface area contributed by atoms with Crippen LogP contribution in [0.1, 0.15) is 25.3 Å². The molecular formula is C14H19NO4.